The van der Waals surface area contributed by atoms with Crippen LogP contribution in [0.3, 0.4) is 0 Å². The number of hydrogen-bond donors (Lipinski definition) is 2. The summed E-state index contributed by atoms with van der Waals surface area (Å²) in [6.45, 7) is 3.85. The maximum absolute atomic E-state index is 13.7. The van der Waals surface area contributed by atoms with Crippen LogP contribution in [0.1, 0.15) is 42.4 Å². The molecule has 1 aromatic heterocycles. The van der Waals surface area contributed by atoms with E-state index in [9.17, 15) is 27.2 Å². The average molecular weight is 456 g/mol. The Kier molecular flexibility index (Phi) is 7.44. The Morgan fingerprint density at radius 3 is 2.41 bits per heavy atom. The second-order valence-corrected chi connectivity index (χ2v) is 7.55. The van der Waals surface area contributed by atoms with Gasteiger partial charge >= 0.3 is 6.18 Å². The van der Waals surface area contributed by atoms with Gasteiger partial charge in [-0.15, -0.1) is 5.10 Å². The van der Waals surface area contributed by atoms with Crippen LogP contribution in [0, 0.1) is 5.82 Å². The molecule has 2 aromatic rings. The van der Waals surface area contributed by atoms with Crippen molar-refractivity contribution in [2.24, 2.45) is 0 Å². The fourth-order valence-electron chi connectivity index (χ4n) is 3.46. The summed E-state index contributed by atoms with van der Waals surface area (Å²) in [6, 6.07) is 3.87. The van der Waals surface area contributed by atoms with Crippen molar-refractivity contribution in [2.45, 2.75) is 38.4 Å². The Morgan fingerprint density at radius 2 is 1.81 bits per heavy atom. The highest BCUT2D eigenvalue weighted by Gasteiger charge is 2.42. The third kappa shape index (κ3) is 5.81. The molecule has 2 N–H and O–H groups in total. The molecule has 0 saturated carbocycles. The molecule has 32 heavy (non-hydrogen) atoms. The van der Waals surface area contributed by atoms with Crippen molar-refractivity contribution in [1.82, 2.24) is 30.5 Å². The Bertz CT molecular complexity index is 937. The third-order valence-electron chi connectivity index (χ3n) is 5.09. The molecule has 1 aliphatic heterocycles. The number of nitrogens with zero attached hydrogens (tertiary/aromatic N) is 4. The van der Waals surface area contributed by atoms with Crippen molar-refractivity contribution in [3.63, 3.8) is 0 Å². The largest absolute Gasteiger partial charge is 0.435 e. The van der Waals surface area contributed by atoms with E-state index in [-0.39, 0.29) is 24.2 Å². The molecule has 0 radical (unpaired) electrons. The van der Waals surface area contributed by atoms with Crippen LogP contribution < -0.4 is 10.6 Å². The second kappa shape index (κ2) is 10.1. The summed E-state index contributed by atoms with van der Waals surface area (Å²) >= 11 is 0. The molecular weight excluding hydrogens is 432 g/mol. The molecule has 174 valence electrons. The zero-order valence-electron chi connectivity index (χ0n) is 17.5. The molecule has 12 heteroatoms. The number of alkyl halides is 3. The van der Waals surface area contributed by atoms with Crippen LogP contribution in [0.2, 0.25) is 0 Å². The van der Waals surface area contributed by atoms with E-state index in [0.717, 1.165) is 30.7 Å². The van der Waals surface area contributed by atoms with Gasteiger partial charge in [-0.2, -0.15) is 13.2 Å². The van der Waals surface area contributed by atoms with Crippen LogP contribution in [0.5, 0.6) is 0 Å². The normalized spacial score (nSPS) is 15.5. The van der Waals surface area contributed by atoms with E-state index in [1.165, 1.54) is 0 Å². The summed E-state index contributed by atoms with van der Waals surface area (Å²) in [7, 11) is 0. The highest BCUT2D eigenvalue weighted by atomic mass is 19.4. The van der Waals surface area contributed by atoms with Crippen molar-refractivity contribution in [3.8, 4) is 5.69 Å². The number of likely N-dealkylation sites (tertiary alicyclic amines) is 1. The number of hydrogen-bond acceptors (Lipinski definition) is 5. The summed E-state index contributed by atoms with van der Waals surface area (Å²) in [5, 5.41) is 12.3. The van der Waals surface area contributed by atoms with Crippen molar-refractivity contribution in [3.05, 3.63) is 41.5 Å². The van der Waals surface area contributed by atoms with Crippen LogP contribution in [-0.2, 0) is 11.0 Å². The van der Waals surface area contributed by atoms with Crippen molar-refractivity contribution < 1.29 is 27.2 Å². The minimum atomic E-state index is -4.90. The number of piperidine rings is 1. The third-order valence-corrected chi connectivity index (χ3v) is 5.09. The van der Waals surface area contributed by atoms with Gasteiger partial charge < -0.3 is 10.6 Å². The molecule has 1 fully saturated rings. The standard InChI is InChI=1S/C20H24F4N6O2/c1-2-9-25-16(31)12-29-10-7-14(8-11-29)26-19(32)17-18(20(22,23)24)30(28-27-17)15-5-3-13(21)4-6-15/h3-6,14H,2,7-12H2,1H3,(H,25,31)(H,26,32). The molecule has 2 amide bonds. The van der Waals surface area contributed by atoms with Gasteiger partial charge in [0.2, 0.25) is 5.91 Å². The lowest BCUT2D eigenvalue weighted by Crippen LogP contribution is -2.47. The number of nitrogens with one attached hydrogen (secondary N) is 2. The SMILES string of the molecule is CCCNC(=O)CN1CCC(NC(=O)c2nnn(-c3ccc(F)cc3)c2C(F)(F)F)CC1. The first-order valence-electron chi connectivity index (χ1n) is 10.3. The van der Waals surface area contributed by atoms with Crippen molar-refractivity contribution in [1.29, 1.82) is 0 Å². The second-order valence-electron chi connectivity index (χ2n) is 7.55. The molecule has 0 aliphatic carbocycles. The minimum absolute atomic E-state index is 0.0695. The van der Waals surface area contributed by atoms with E-state index < -0.39 is 29.3 Å². The number of halogens is 4. The Hall–Kier alpha value is -3.02. The summed E-state index contributed by atoms with van der Waals surface area (Å²) in [6.07, 6.45) is -3.09. The molecule has 8 nitrogen and oxygen atoms in total. The summed E-state index contributed by atoms with van der Waals surface area (Å²) in [5.41, 5.74) is -2.24. The predicted molar refractivity (Wildman–Crippen MR) is 107 cm³/mol. The van der Waals surface area contributed by atoms with E-state index in [4.69, 9.17) is 0 Å². The van der Waals surface area contributed by atoms with Crippen molar-refractivity contribution >= 4 is 11.8 Å². The van der Waals surface area contributed by atoms with E-state index in [1.807, 2.05) is 11.8 Å². The lowest BCUT2D eigenvalue weighted by atomic mass is 10.0. The first-order chi connectivity index (χ1) is 15.2. The molecule has 0 atom stereocenters. The van der Waals surface area contributed by atoms with Gasteiger partial charge in [0.15, 0.2) is 11.4 Å². The number of carbonyl (C=O) groups excluding carboxylic acids is 2. The predicted octanol–water partition coefficient (Wildman–Crippen LogP) is 2.15. The van der Waals surface area contributed by atoms with Gasteiger partial charge in [0.05, 0.1) is 12.2 Å². The molecule has 0 bridgehead atoms. The molecule has 1 saturated heterocycles. The quantitative estimate of drug-likeness (QED) is 0.623. The van der Waals surface area contributed by atoms with E-state index >= 15 is 0 Å². The van der Waals surface area contributed by atoms with Gasteiger partial charge in [0.1, 0.15) is 5.82 Å². The first kappa shape index (κ1) is 23.6. The van der Waals surface area contributed by atoms with Gasteiger partial charge in [0.25, 0.3) is 5.91 Å². The monoisotopic (exact) mass is 456 g/mol. The fraction of sp³-hybridized carbons (Fsp3) is 0.500. The molecule has 0 unspecified atom stereocenters. The highest BCUT2D eigenvalue weighted by Crippen LogP contribution is 2.32. The number of benzene rings is 1. The smallest absolute Gasteiger partial charge is 0.355 e. The first-order valence-corrected chi connectivity index (χ1v) is 10.3. The van der Waals surface area contributed by atoms with Gasteiger partial charge in [-0.05, 0) is 43.5 Å². The van der Waals surface area contributed by atoms with Crippen LogP contribution in [0.25, 0.3) is 5.69 Å². The van der Waals surface area contributed by atoms with Crippen LogP contribution >= 0.6 is 0 Å². The van der Waals surface area contributed by atoms with Crippen LogP contribution in [0.15, 0.2) is 24.3 Å². The number of rotatable bonds is 7. The Balaban J connectivity index is 1.66. The minimum Gasteiger partial charge on any atom is -0.355 e. The maximum Gasteiger partial charge on any atom is 0.435 e. The Morgan fingerprint density at radius 1 is 1.16 bits per heavy atom. The molecule has 1 aromatic carbocycles. The summed E-state index contributed by atoms with van der Waals surface area (Å²) < 4.78 is 54.7. The van der Waals surface area contributed by atoms with E-state index in [2.05, 4.69) is 20.9 Å². The van der Waals surface area contributed by atoms with Crippen LogP contribution in [-0.4, -0.2) is 63.9 Å². The Labute approximate surface area is 182 Å². The fourth-order valence-corrected chi connectivity index (χ4v) is 3.46. The van der Waals surface area contributed by atoms with Gasteiger partial charge in [-0.25, -0.2) is 9.07 Å². The highest BCUT2D eigenvalue weighted by molar-refractivity contribution is 5.93. The molecule has 0 spiro atoms. The van der Waals surface area contributed by atoms with Crippen LogP contribution in [0.4, 0.5) is 17.6 Å². The molecule has 1 aliphatic rings. The van der Waals surface area contributed by atoms with Gasteiger partial charge in [-0.3, -0.25) is 14.5 Å². The van der Waals surface area contributed by atoms with Gasteiger partial charge in [0, 0.05) is 25.7 Å². The van der Waals surface area contributed by atoms with E-state index in [0.29, 0.717) is 37.2 Å². The zero-order chi connectivity index (χ0) is 23.3. The maximum atomic E-state index is 13.7. The number of amides is 2. The molecular formula is C20H24F4N6O2. The van der Waals surface area contributed by atoms with E-state index in [1.54, 1.807) is 0 Å². The lowest BCUT2D eigenvalue weighted by molar-refractivity contribution is -0.143. The van der Waals surface area contributed by atoms with Crippen molar-refractivity contribution in [2.75, 3.05) is 26.2 Å². The van der Waals surface area contributed by atoms with Gasteiger partial charge in [-0.1, -0.05) is 12.1 Å². The topological polar surface area (TPSA) is 92.2 Å². The summed E-state index contributed by atoms with van der Waals surface area (Å²) in [4.78, 5) is 26.3. The number of carbonyl (C=O) groups is 2. The number of aromatic nitrogens is 3. The average Bonchev–Trinajstić information content (AvgIpc) is 3.20. The zero-order valence-corrected chi connectivity index (χ0v) is 17.5. The summed E-state index contributed by atoms with van der Waals surface area (Å²) in [5.74, 6) is -1.68. The lowest BCUT2D eigenvalue weighted by Gasteiger charge is -2.31. The molecule has 3 rings (SSSR count). The molecule has 2 heterocycles.